The smallest absolute Gasteiger partial charge is 0.329 e. The molecule has 0 fully saturated rings. The van der Waals surface area contributed by atoms with Gasteiger partial charge in [-0.05, 0) is 32.9 Å². The highest BCUT2D eigenvalue weighted by Crippen LogP contribution is 2.16. The number of carbonyl (C=O) groups excluding carboxylic acids is 1. The molecule has 0 aliphatic rings. The molecule has 104 valence electrons. The van der Waals surface area contributed by atoms with E-state index in [1.807, 2.05) is 0 Å². The molecule has 1 amide bonds. The minimum atomic E-state index is -1.24. The van der Waals surface area contributed by atoms with Gasteiger partial charge in [0.2, 0.25) is 5.91 Å². The zero-order chi connectivity index (χ0) is 14.6. The number of hydrogen-bond acceptors (Lipinski definition) is 4. The van der Waals surface area contributed by atoms with Gasteiger partial charge in [-0.1, -0.05) is 0 Å². The van der Waals surface area contributed by atoms with Crippen molar-refractivity contribution < 1.29 is 14.7 Å². The summed E-state index contributed by atoms with van der Waals surface area (Å²) < 4.78 is 0. The molecule has 3 N–H and O–H groups in total. The number of nitrogens with two attached hydrogens (primary N) is 1. The Hall–Kier alpha value is -2.11. The number of carboxylic acid groups (broad SMARTS) is 1. The fourth-order valence-corrected chi connectivity index (χ4v) is 1.79. The molecule has 1 rings (SSSR count). The molecule has 0 radical (unpaired) electrons. The van der Waals surface area contributed by atoms with E-state index in [9.17, 15) is 9.59 Å². The van der Waals surface area contributed by atoms with Crippen LogP contribution >= 0.6 is 0 Å². The molecule has 6 nitrogen and oxygen atoms in total. The summed E-state index contributed by atoms with van der Waals surface area (Å²) in [5, 5.41) is 9.17. The Labute approximate surface area is 112 Å². The van der Waals surface area contributed by atoms with Crippen molar-refractivity contribution in [3.63, 3.8) is 0 Å². The van der Waals surface area contributed by atoms with E-state index in [-0.39, 0.29) is 12.3 Å². The lowest BCUT2D eigenvalue weighted by molar-refractivity contribution is -0.156. The number of rotatable bonds is 5. The lowest BCUT2D eigenvalue weighted by Crippen LogP contribution is -2.53. The van der Waals surface area contributed by atoms with Crippen LogP contribution in [-0.4, -0.2) is 39.0 Å². The highest BCUT2D eigenvalue weighted by Gasteiger charge is 2.36. The van der Waals surface area contributed by atoms with E-state index < -0.39 is 11.5 Å². The summed E-state index contributed by atoms with van der Waals surface area (Å²) in [4.78, 5) is 28.7. The third-order valence-corrected chi connectivity index (χ3v) is 3.00. The van der Waals surface area contributed by atoms with Crippen LogP contribution in [0.15, 0.2) is 18.3 Å². The molecular weight excluding hydrogens is 246 g/mol. The third-order valence-electron chi connectivity index (χ3n) is 3.00. The maximum absolute atomic E-state index is 12.2. The number of anilines is 1. The average Bonchev–Trinajstić information content (AvgIpc) is 2.32. The number of aromatic nitrogens is 1. The minimum absolute atomic E-state index is 0.0603. The molecule has 1 aromatic rings. The van der Waals surface area contributed by atoms with Gasteiger partial charge in [0.25, 0.3) is 0 Å². The number of carbonyl (C=O) groups is 2. The summed E-state index contributed by atoms with van der Waals surface area (Å²) in [6, 6.07) is 3.32. The predicted octanol–water partition coefficient (Wildman–Crippen LogP) is 0.918. The van der Waals surface area contributed by atoms with Gasteiger partial charge in [-0.15, -0.1) is 0 Å². The monoisotopic (exact) mass is 265 g/mol. The Bertz CT molecular complexity index is 469. The molecule has 0 saturated carbocycles. The highest BCUT2D eigenvalue weighted by atomic mass is 16.4. The van der Waals surface area contributed by atoms with Gasteiger partial charge in [-0.3, -0.25) is 9.78 Å². The van der Waals surface area contributed by atoms with Crippen molar-refractivity contribution in [3.8, 4) is 0 Å². The van der Waals surface area contributed by atoms with E-state index in [4.69, 9.17) is 10.8 Å². The van der Waals surface area contributed by atoms with Crippen molar-refractivity contribution in [2.45, 2.75) is 32.7 Å². The van der Waals surface area contributed by atoms with Crippen LogP contribution in [0.2, 0.25) is 0 Å². The molecule has 0 aromatic carbocycles. The number of pyridine rings is 1. The zero-order valence-corrected chi connectivity index (χ0v) is 11.4. The Balaban J connectivity index is 2.86. The standard InChI is InChI=1S/C13H19N3O3/c1-4-16(13(2,3)12(18)19)11(17)7-10-6-5-9(14)8-15-10/h5-6,8H,4,7,14H2,1-3H3,(H,18,19). The summed E-state index contributed by atoms with van der Waals surface area (Å²) in [7, 11) is 0. The Kier molecular flexibility index (Phi) is 4.47. The van der Waals surface area contributed by atoms with E-state index in [1.165, 1.54) is 24.9 Å². The maximum Gasteiger partial charge on any atom is 0.329 e. The fourth-order valence-electron chi connectivity index (χ4n) is 1.79. The van der Waals surface area contributed by atoms with Crippen LogP contribution in [0.4, 0.5) is 5.69 Å². The topological polar surface area (TPSA) is 96.5 Å². The minimum Gasteiger partial charge on any atom is -0.480 e. The fraction of sp³-hybridized carbons (Fsp3) is 0.462. The van der Waals surface area contributed by atoms with Crippen LogP contribution in [0.3, 0.4) is 0 Å². The van der Waals surface area contributed by atoms with Gasteiger partial charge >= 0.3 is 5.97 Å². The van der Waals surface area contributed by atoms with Crippen LogP contribution in [0.25, 0.3) is 0 Å². The van der Waals surface area contributed by atoms with Crippen LogP contribution < -0.4 is 5.73 Å². The van der Waals surface area contributed by atoms with Gasteiger partial charge in [0.05, 0.1) is 18.3 Å². The van der Waals surface area contributed by atoms with E-state index in [2.05, 4.69) is 4.98 Å². The van der Waals surface area contributed by atoms with Crippen molar-refractivity contribution in [1.29, 1.82) is 0 Å². The molecule has 0 aliphatic heterocycles. The number of amides is 1. The predicted molar refractivity (Wildman–Crippen MR) is 71.5 cm³/mol. The van der Waals surface area contributed by atoms with Crippen molar-refractivity contribution >= 4 is 17.6 Å². The van der Waals surface area contributed by atoms with Crippen molar-refractivity contribution in [2.75, 3.05) is 12.3 Å². The molecule has 6 heteroatoms. The zero-order valence-electron chi connectivity index (χ0n) is 11.4. The second-order valence-electron chi connectivity index (χ2n) is 4.76. The van der Waals surface area contributed by atoms with Crippen molar-refractivity contribution in [2.24, 2.45) is 0 Å². The number of hydrogen-bond donors (Lipinski definition) is 2. The first-order chi connectivity index (χ1) is 8.78. The van der Waals surface area contributed by atoms with Gasteiger partial charge in [0.1, 0.15) is 5.54 Å². The van der Waals surface area contributed by atoms with Gasteiger partial charge in [-0.2, -0.15) is 0 Å². The summed E-state index contributed by atoms with van der Waals surface area (Å²) in [6.07, 6.45) is 1.53. The normalized spacial score (nSPS) is 11.1. The first-order valence-corrected chi connectivity index (χ1v) is 6.03. The first-order valence-electron chi connectivity index (χ1n) is 6.03. The highest BCUT2D eigenvalue weighted by molar-refractivity contribution is 5.87. The number of aliphatic carboxylic acids is 1. The molecule has 1 heterocycles. The van der Waals surface area contributed by atoms with Gasteiger partial charge in [-0.25, -0.2) is 4.79 Å². The first kappa shape index (κ1) is 14.9. The van der Waals surface area contributed by atoms with E-state index in [0.717, 1.165) is 0 Å². The third kappa shape index (κ3) is 3.43. The summed E-state index contributed by atoms with van der Waals surface area (Å²) >= 11 is 0. The van der Waals surface area contributed by atoms with Crippen LogP contribution in [-0.2, 0) is 16.0 Å². The Morgan fingerprint density at radius 1 is 1.42 bits per heavy atom. The molecule has 0 spiro atoms. The Morgan fingerprint density at radius 2 is 2.05 bits per heavy atom. The van der Waals surface area contributed by atoms with Crippen LogP contribution in [0.1, 0.15) is 26.5 Å². The molecule has 0 aliphatic carbocycles. The van der Waals surface area contributed by atoms with Gasteiger partial charge < -0.3 is 15.7 Å². The second-order valence-corrected chi connectivity index (χ2v) is 4.76. The molecule has 0 unspecified atom stereocenters. The molecule has 19 heavy (non-hydrogen) atoms. The van der Waals surface area contributed by atoms with Crippen LogP contribution in [0, 0.1) is 0 Å². The van der Waals surface area contributed by atoms with Gasteiger partial charge in [0.15, 0.2) is 0 Å². The molecule has 0 atom stereocenters. The summed E-state index contributed by atoms with van der Waals surface area (Å²) in [5.74, 6) is -1.31. The lowest BCUT2D eigenvalue weighted by atomic mass is 10.0. The number of nitrogens with zero attached hydrogens (tertiary/aromatic N) is 2. The summed E-state index contributed by atoms with van der Waals surface area (Å²) in [5.41, 5.74) is 5.37. The molecular formula is C13H19N3O3. The quantitative estimate of drug-likeness (QED) is 0.825. The van der Waals surface area contributed by atoms with E-state index >= 15 is 0 Å². The van der Waals surface area contributed by atoms with E-state index in [1.54, 1.807) is 19.1 Å². The molecule has 1 aromatic heterocycles. The second kappa shape index (κ2) is 5.69. The number of carboxylic acids is 1. The SMILES string of the molecule is CCN(C(=O)Cc1ccc(N)cn1)C(C)(C)C(=O)O. The Morgan fingerprint density at radius 3 is 2.47 bits per heavy atom. The van der Waals surface area contributed by atoms with Gasteiger partial charge in [0, 0.05) is 12.2 Å². The van der Waals surface area contributed by atoms with Crippen molar-refractivity contribution in [3.05, 3.63) is 24.0 Å². The van der Waals surface area contributed by atoms with Crippen molar-refractivity contribution in [1.82, 2.24) is 9.88 Å². The lowest BCUT2D eigenvalue weighted by Gasteiger charge is -2.34. The molecule has 0 bridgehead atoms. The van der Waals surface area contributed by atoms with E-state index in [0.29, 0.717) is 17.9 Å². The summed E-state index contributed by atoms with van der Waals surface area (Å²) in [6.45, 7) is 5.09. The average molecular weight is 265 g/mol. The molecule has 0 saturated heterocycles. The number of nitrogen functional groups attached to an aromatic ring is 1. The largest absolute Gasteiger partial charge is 0.480 e. The maximum atomic E-state index is 12.2. The van der Waals surface area contributed by atoms with Crippen LogP contribution in [0.5, 0.6) is 0 Å². The number of likely N-dealkylation sites (N-methyl/N-ethyl adjacent to an activating group) is 1.